The molecule has 2 aromatic rings. The largest absolute Gasteiger partial charge is 0.354 e. The van der Waals surface area contributed by atoms with Gasteiger partial charge in [0.25, 0.3) is 5.56 Å². The van der Waals surface area contributed by atoms with Crippen molar-refractivity contribution in [2.75, 3.05) is 6.54 Å². The predicted molar refractivity (Wildman–Crippen MR) is 89.9 cm³/mol. The summed E-state index contributed by atoms with van der Waals surface area (Å²) in [5, 5.41) is 14.3. The smallest absolute Gasteiger partial charge is 0.267 e. The van der Waals surface area contributed by atoms with E-state index in [9.17, 15) is 9.59 Å². The molecule has 0 saturated heterocycles. The summed E-state index contributed by atoms with van der Waals surface area (Å²) in [6.45, 7) is 4.71. The van der Waals surface area contributed by atoms with Crippen LogP contribution in [0, 0.1) is 13.8 Å². The lowest BCUT2D eigenvalue weighted by Gasteiger charge is -2.08. The molecule has 0 aliphatic heterocycles. The number of hydrogen-bond acceptors (Lipinski definition) is 4. The Morgan fingerprint density at radius 2 is 2.21 bits per heavy atom. The normalized spacial score (nSPS) is 13.1. The maximum atomic E-state index is 12.0. The standard InChI is InChI=1S/C17H23N5O2/c1-11-14(12(2)20-19-11)6-7-16(23)18-8-9-22-17(24)10-13-4-3-5-15(13)21-22/h10H,3-9H2,1-2H3,(H,18,23)(H,19,20). The lowest BCUT2D eigenvalue weighted by atomic mass is 10.1. The highest BCUT2D eigenvalue weighted by Crippen LogP contribution is 2.16. The second kappa shape index (κ2) is 6.98. The van der Waals surface area contributed by atoms with Crippen LogP contribution in [0.25, 0.3) is 0 Å². The van der Waals surface area contributed by atoms with Crippen molar-refractivity contribution in [1.82, 2.24) is 25.3 Å². The fourth-order valence-electron chi connectivity index (χ4n) is 3.17. The van der Waals surface area contributed by atoms with Gasteiger partial charge in [-0.2, -0.15) is 10.2 Å². The number of rotatable bonds is 6. The molecule has 0 atom stereocenters. The van der Waals surface area contributed by atoms with Gasteiger partial charge in [-0.25, -0.2) is 4.68 Å². The zero-order valence-electron chi connectivity index (χ0n) is 14.2. The van der Waals surface area contributed by atoms with E-state index in [-0.39, 0.29) is 11.5 Å². The van der Waals surface area contributed by atoms with Crippen LogP contribution in [-0.2, 0) is 30.6 Å². The van der Waals surface area contributed by atoms with Crippen LogP contribution in [0.3, 0.4) is 0 Å². The van der Waals surface area contributed by atoms with Gasteiger partial charge in [-0.15, -0.1) is 0 Å². The number of H-pyrrole nitrogens is 1. The zero-order chi connectivity index (χ0) is 17.1. The van der Waals surface area contributed by atoms with Crippen molar-refractivity contribution in [2.45, 2.75) is 52.5 Å². The van der Waals surface area contributed by atoms with Crippen molar-refractivity contribution in [1.29, 1.82) is 0 Å². The topological polar surface area (TPSA) is 92.7 Å². The van der Waals surface area contributed by atoms with E-state index in [4.69, 9.17) is 0 Å². The molecule has 1 aliphatic carbocycles. The Hall–Kier alpha value is -2.44. The minimum Gasteiger partial charge on any atom is -0.354 e. The number of carbonyl (C=O) groups is 1. The SMILES string of the molecule is Cc1n[nH]c(C)c1CCC(=O)NCCn1nc2c(cc1=O)CCC2. The summed E-state index contributed by atoms with van der Waals surface area (Å²) in [5.41, 5.74) is 5.05. The number of aryl methyl sites for hydroxylation is 4. The first kappa shape index (κ1) is 16.4. The molecule has 0 radical (unpaired) electrons. The maximum absolute atomic E-state index is 12.0. The molecule has 2 aromatic heterocycles. The van der Waals surface area contributed by atoms with E-state index in [2.05, 4.69) is 20.6 Å². The second-order valence-electron chi connectivity index (χ2n) is 6.29. The fourth-order valence-corrected chi connectivity index (χ4v) is 3.17. The molecule has 0 saturated carbocycles. The molecule has 2 heterocycles. The molecule has 3 rings (SSSR count). The summed E-state index contributed by atoms with van der Waals surface area (Å²) in [5.74, 6) is -0.0239. The quantitative estimate of drug-likeness (QED) is 0.821. The van der Waals surface area contributed by atoms with Crippen molar-refractivity contribution >= 4 is 5.91 Å². The van der Waals surface area contributed by atoms with E-state index in [0.717, 1.165) is 47.5 Å². The van der Waals surface area contributed by atoms with Crippen molar-refractivity contribution in [2.24, 2.45) is 0 Å². The second-order valence-corrected chi connectivity index (χ2v) is 6.29. The average molecular weight is 329 g/mol. The van der Waals surface area contributed by atoms with Crippen LogP contribution in [0.1, 0.15) is 41.1 Å². The number of hydrogen-bond donors (Lipinski definition) is 2. The van der Waals surface area contributed by atoms with Gasteiger partial charge in [0.2, 0.25) is 5.91 Å². The molecule has 0 bridgehead atoms. The maximum Gasteiger partial charge on any atom is 0.267 e. The first-order valence-electron chi connectivity index (χ1n) is 8.41. The summed E-state index contributed by atoms with van der Waals surface area (Å²) in [7, 11) is 0. The highest BCUT2D eigenvalue weighted by Gasteiger charge is 2.14. The highest BCUT2D eigenvalue weighted by atomic mass is 16.1. The minimum absolute atomic E-state index is 0.0239. The summed E-state index contributed by atoms with van der Waals surface area (Å²) in [6.07, 6.45) is 4.02. The van der Waals surface area contributed by atoms with Crippen LogP contribution in [0.2, 0.25) is 0 Å². The third-order valence-corrected chi connectivity index (χ3v) is 4.55. The van der Waals surface area contributed by atoms with Crippen molar-refractivity contribution in [3.63, 3.8) is 0 Å². The van der Waals surface area contributed by atoms with Gasteiger partial charge in [0, 0.05) is 24.7 Å². The molecular weight excluding hydrogens is 306 g/mol. The third-order valence-electron chi connectivity index (χ3n) is 4.55. The van der Waals surface area contributed by atoms with Gasteiger partial charge in [0.1, 0.15) is 0 Å². The Morgan fingerprint density at radius 3 is 2.96 bits per heavy atom. The number of fused-ring (bicyclic) bond motifs is 1. The van der Waals surface area contributed by atoms with E-state index in [1.54, 1.807) is 6.07 Å². The lowest BCUT2D eigenvalue weighted by molar-refractivity contribution is -0.121. The number of nitrogens with zero attached hydrogens (tertiary/aromatic N) is 3. The molecule has 7 nitrogen and oxygen atoms in total. The molecule has 1 aliphatic rings. The number of aromatic nitrogens is 4. The fraction of sp³-hybridized carbons (Fsp3) is 0.529. The monoisotopic (exact) mass is 329 g/mol. The number of carbonyl (C=O) groups excluding carboxylic acids is 1. The van der Waals surface area contributed by atoms with Crippen LogP contribution >= 0.6 is 0 Å². The zero-order valence-corrected chi connectivity index (χ0v) is 14.2. The van der Waals surface area contributed by atoms with Crippen LogP contribution < -0.4 is 10.9 Å². The Morgan fingerprint density at radius 1 is 1.38 bits per heavy atom. The Bertz CT molecular complexity index is 786. The number of amides is 1. The van der Waals surface area contributed by atoms with Gasteiger partial charge in [0.05, 0.1) is 17.9 Å². The molecule has 0 unspecified atom stereocenters. The summed E-state index contributed by atoms with van der Waals surface area (Å²) in [6, 6.07) is 1.68. The highest BCUT2D eigenvalue weighted by molar-refractivity contribution is 5.76. The first-order valence-corrected chi connectivity index (χ1v) is 8.41. The van der Waals surface area contributed by atoms with Crippen LogP contribution in [0.15, 0.2) is 10.9 Å². The van der Waals surface area contributed by atoms with Gasteiger partial charge in [-0.05, 0) is 50.7 Å². The van der Waals surface area contributed by atoms with Crippen LogP contribution in [0.4, 0.5) is 0 Å². The van der Waals surface area contributed by atoms with Gasteiger partial charge < -0.3 is 5.32 Å². The van der Waals surface area contributed by atoms with Gasteiger partial charge in [-0.1, -0.05) is 0 Å². The summed E-state index contributed by atoms with van der Waals surface area (Å²) >= 11 is 0. The van der Waals surface area contributed by atoms with Crippen molar-refractivity contribution < 1.29 is 4.79 Å². The summed E-state index contributed by atoms with van der Waals surface area (Å²) in [4.78, 5) is 24.0. The molecule has 1 amide bonds. The van der Waals surface area contributed by atoms with E-state index in [1.165, 1.54) is 4.68 Å². The Balaban J connectivity index is 1.48. The molecule has 128 valence electrons. The van der Waals surface area contributed by atoms with Gasteiger partial charge in [-0.3, -0.25) is 14.7 Å². The Kier molecular flexibility index (Phi) is 4.78. The average Bonchev–Trinajstić information content (AvgIpc) is 3.12. The third kappa shape index (κ3) is 3.55. The van der Waals surface area contributed by atoms with Gasteiger partial charge >= 0.3 is 0 Å². The van der Waals surface area contributed by atoms with E-state index in [0.29, 0.717) is 25.9 Å². The predicted octanol–water partition coefficient (Wildman–Crippen LogP) is 0.821. The molecule has 24 heavy (non-hydrogen) atoms. The Labute approximate surface area is 140 Å². The first-order chi connectivity index (χ1) is 11.5. The van der Waals surface area contributed by atoms with Crippen molar-refractivity contribution in [3.05, 3.63) is 44.6 Å². The van der Waals surface area contributed by atoms with Gasteiger partial charge in [0.15, 0.2) is 0 Å². The molecule has 7 heteroatoms. The van der Waals surface area contributed by atoms with E-state index >= 15 is 0 Å². The molecular formula is C17H23N5O2. The number of aromatic amines is 1. The molecule has 0 fully saturated rings. The van der Waals surface area contributed by atoms with Crippen molar-refractivity contribution in [3.8, 4) is 0 Å². The van der Waals surface area contributed by atoms with Crippen LogP contribution in [-0.4, -0.2) is 32.4 Å². The molecule has 0 spiro atoms. The lowest BCUT2D eigenvalue weighted by Crippen LogP contribution is -2.32. The summed E-state index contributed by atoms with van der Waals surface area (Å²) < 4.78 is 1.45. The van der Waals surface area contributed by atoms with E-state index < -0.39 is 0 Å². The minimum atomic E-state index is -0.0884. The number of nitrogens with one attached hydrogen (secondary N) is 2. The molecule has 0 aromatic carbocycles. The molecule has 2 N–H and O–H groups in total. The van der Waals surface area contributed by atoms with Crippen LogP contribution in [0.5, 0.6) is 0 Å². The van der Waals surface area contributed by atoms with E-state index in [1.807, 2.05) is 13.8 Å².